The van der Waals surface area contributed by atoms with E-state index in [0.717, 1.165) is 5.56 Å². The van der Waals surface area contributed by atoms with Crippen LogP contribution < -0.4 is 10.6 Å². The summed E-state index contributed by atoms with van der Waals surface area (Å²) >= 11 is 5.75. The van der Waals surface area contributed by atoms with E-state index in [0.29, 0.717) is 10.7 Å². The zero-order valence-electron chi connectivity index (χ0n) is 9.57. The average molecular weight is 281 g/mol. The number of rotatable bonds is 4. The number of hydrogen-bond donors (Lipinski definition) is 2. The van der Waals surface area contributed by atoms with E-state index in [1.807, 2.05) is 5.32 Å². The molecule has 0 aliphatic heterocycles. The van der Waals surface area contributed by atoms with Gasteiger partial charge in [0.2, 0.25) is 5.91 Å². The van der Waals surface area contributed by atoms with Gasteiger partial charge in [0.1, 0.15) is 0 Å². The van der Waals surface area contributed by atoms with Crippen LogP contribution in [0.4, 0.5) is 18.9 Å². The molecule has 0 radical (unpaired) electrons. The van der Waals surface area contributed by atoms with E-state index in [1.165, 1.54) is 0 Å². The Bertz CT molecular complexity index is 435. The number of anilines is 1. The number of carbonyl (C=O) groups is 1. The van der Waals surface area contributed by atoms with Crippen LogP contribution >= 0.6 is 11.6 Å². The van der Waals surface area contributed by atoms with Crippen LogP contribution in [-0.4, -0.2) is 25.2 Å². The first-order valence-corrected chi connectivity index (χ1v) is 5.49. The van der Waals surface area contributed by atoms with Crippen molar-refractivity contribution >= 4 is 23.2 Å². The number of benzene rings is 1. The predicted octanol–water partition coefficient (Wildman–Crippen LogP) is 2.74. The predicted molar refractivity (Wildman–Crippen MR) is 63.7 cm³/mol. The lowest BCUT2D eigenvalue weighted by Crippen LogP contribution is -2.35. The fraction of sp³-hybridized carbons (Fsp3) is 0.364. The number of carbonyl (C=O) groups excluding carboxylic acids is 1. The minimum Gasteiger partial charge on any atom is -0.325 e. The first kappa shape index (κ1) is 14.8. The molecule has 2 N–H and O–H groups in total. The van der Waals surface area contributed by atoms with Crippen LogP contribution in [0.2, 0.25) is 5.02 Å². The fourth-order valence-electron chi connectivity index (χ4n) is 1.24. The highest BCUT2D eigenvalue weighted by molar-refractivity contribution is 6.31. The van der Waals surface area contributed by atoms with Crippen molar-refractivity contribution in [1.82, 2.24) is 5.32 Å². The summed E-state index contributed by atoms with van der Waals surface area (Å²) in [5.41, 5.74) is 1.27. The zero-order chi connectivity index (χ0) is 13.8. The van der Waals surface area contributed by atoms with Crippen molar-refractivity contribution in [3.63, 3.8) is 0 Å². The van der Waals surface area contributed by atoms with E-state index in [9.17, 15) is 18.0 Å². The molecular formula is C11H12ClF3N2O. The third-order valence-electron chi connectivity index (χ3n) is 2.08. The molecule has 0 aliphatic carbocycles. The number of amides is 1. The van der Waals surface area contributed by atoms with Crippen molar-refractivity contribution in [2.24, 2.45) is 0 Å². The second-order valence-corrected chi connectivity index (χ2v) is 4.16. The molecule has 0 aromatic heterocycles. The van der Waals surface area contributed by atoms with E-state index in [1.54, 1.807) is 25.1 Å². The van der Waals surface area contributed by atoms with Crippen LogP contribution in [0.1, 0.15) is 5.56 Å². The van der Waals surface area contributed by atoms with Gasteiger partial charge in [0, 0.05) is 10.7 Å². The van der Waals surface area contributed by atoms with Crippen molar-refractivity contribution in [3.8, 4) is 0 Å². The van der Waals surface area contributed by atoms with E-state index < -0.39 is 25.2 Å². The van der Waals surface area contributed by atoms with Gasteiger partial charge in [0.25, 0.3) is 0 Å². The number of hydrogen-bond acceptors (Lipinski definition) is 2. The van der Waals surface area contributed by atoms with Gasteiger partial charge in [-0.25, -0.2) is 0 Å². The van der Waals surface area contributed by atoms with Crippen LogP contribution in [0.5, 0.6) is 0 Å². The third-order valence-corrected chi connectivity index (χ3v) is 2.32. The van der Waals surface area contributed by atoms with Crippen LogP contribution in [0.15, 0.2) is 18.2 Å². The highest BCUT2D eigenvalue weighted by Crippen LogP contribution is 2.19. The van der Waals surface area contributed by atoms with Crippen LogP contribution in [-0.2, 0) is 4.79 Å². The maximum Gasteiger partial charge on any atom is 0.401 e. The van der Waals surface area contributed by atoms with Gasteiger partial charge in [-0.15, -0.1) is 0 Å². The molecule has 0 heterocycles. The molecule has 0 aliphatic rings. The lowest BCUT2D eigenvalue weighted by Gasteiger charge is -2.10. The molecule has 0 saturated heterocycles. The molecule has 1 aromatic carbocycles. The second kappa shape index (κ2) is 6.06. The Balaban J connectivity index is 2.47. The van der Waals surface area contributed by atoms with Crippen molar-refractivity contribution in [2.45, 2.75) is 13.1 Å². The molecule has 18 heavy (non-hydrogen) atoms. The molecule has 0 unspecified atom stereocenters. The Kier molecular flexibility index (Phi) is 4.98. The summed E-state index contributed by atoms with van der Waals surface area (Å²) < 4.78 is 35.5. The van der Waals surface area contributed by atoms with Crippen LogP contribution in [0, 0.1) is 6.92 Å². The van der Waals surface area contributed by atoms with E-state index in [2.05, 4.69) is 5.32 Å². The summed E-state index contributed by atoms with van der Waals surface area (Å²) in [4.78, 5) is 11.4. The van der Waals surface area contributed by atoms with E-state index in [4.69, 9.17) is 11.6 Å². The van der Waals surface area contributed by atoms with Gasteiger partial charge < -0.3 is 10.6 Å². The molecule has 0 fully saturated rings. The standard InChI is InChI=1S/C11H12ClF3N2O/c1-7-2-3-8(12)4-9(7)17-10(18)5-16-6-11(13,14)15/h2-4,16H,5-6H2,1H3,(H,17,18). The molecule has 3 nitrogen and oxygen atoms in total. The number of alkyl halides is 3. The number of nitrogens with one attached hydrogen (secondary N) is 2. The molecule has 0 saturated carbocycles. The SMILES string of the molecule is Cc1ccc(Cl)cc1NC(=O)CNCC(F)(F)F. The lowest BCUT2D eigenvalue weighted by atomic mass is 10.2. The van der Waals surface area contributed by atoms with Gasteiger partial charge in [0.05, 0.1) is 13.1 Å². The third kappa shape index (κ3) is 5.37. The van der Waals surface area contributed by atoms with Gasteiger partial charge in [-0.1, -0.05) is 17.7 Å². The molecule has 0 bridgehead atoms. The Labute approximate surface area is 107 Å². The summed E-state index contributed by atoms with van der Waals surface area (Å²) in [7, 11) is 0. The lowest BCUT2D eigenvalue weighted by molar-refractivity contribution is -0.126. The minimum absolute atomic E-state index is 0.411. The molecule has 0 spiro atoms. The molecular weight excluding hydrogens is 269 g/mol. The first-order chi connectivity index (χ1) is 8.28. The Morgan fingerprint density at radius 1 is 1.39 bits per heavy atom. The molecule has 1 amide bonds. The quantitative estimate of drug-likeness (QED) is 0.890. The van der Waals surface area contributed by atoms with Gasteiger partial charge in [-0.3, -0.25) is 4.79 Å². The highest BCUT2D eigenvalue weighted by Gasteiger charge is 2.26. The van der Waals surface area contributed by atoms with E-state index in [-0.39, 0.29) is 0 Å². The topological polar surface area (TPSA) is 41.1 Å². The normalized spacial score (nSPS) is 11.4. The van der Waals surface area contributed by atoms with Crippen molar-refractivity contribution in [2.75, 3.05) is 18.4 Å². The van der Waals surface area contributed by atoms with Crippen LogP contribution in [0.25, 0.3) is 0 Å². The smallest absolute Gasteiger partial charge is 0.325 e. The Morgan fingerprint density at radius 3 is 2.67 bits per heavy atom. The molecule has 0 atom stereocenters. The van der Waals surface area contributed by atoms with Gasteiger partial charge >= 0.3 is 6.18 Å². The van der Waals surface area contributed by atoms with E-state index >= 15 is 0 Å². The molecule has 7 heteroatoms. The van der Waals surface area contributed by atoms with Crippen molar-refractivity contribution in [1.29, 1.82) is 0 Å². The number of aryl methyl sites for hydroxylation is 1. The summed E-state index contributed by atoms with van der Waals surface area (Å²) in [5, 5.41) is 4.94. The Morgan fingerprint density at radius 2 is 2.06 bits per heavy atom. The highest BCUT2D eigenvalue weighted by atomic mass is 35.5. The fourth-order valence-corrected chi connectivity index (χ4v) is 1.41. The monoisotopic (exact) mass is 280 g/mol. The molecule has 100 valence electrons. The van der Waals surface area contributed by atoms with Gasteiger partial charge in [0.15, 0.2) is 0 Å². The summed E-state index contributed by atoms with van der Waals surface area (Å²) in [6.07, 6.45) is -4.33. The minimum atomic E-state index is -4.33. The summed E-state index contributed by atoms with van der Waals surface area (Å²) in [6.45, 7) is 0.148. The maximum atomic E-state index is 11.8. The first-order valence-electron chi connectivity index (χ1n) is 5.11. The van der Waals surface area contributed by atoms with Gasteiger partial charge in [-0.2, -0.15) is 13.2 Å². The summed E-state index contributed by atoms with van der Waals surface area (Å²) in [5.74, 6) is -0.551. The second-order valence-electron chi connectivity index (χ2n) is 3.73. The molecule has 1 rings (SSSR count). The summed E-state index contributed by atoms with van der Waals surface area (Å²) in [6, 6.07) is 4.91. The average Bonchev–Trinajstić information content (AvgIpc) is 2.21. The van der Waals surface area contributed by atoms with Crippen LogP contribution in [0.3, 0.4) is 0 Å². The maximum absolute atomic E-state index is 11.8. The van der Waals surface area contributed by atoms with Gasteiger partial charge in [-0.05, 0) is 24.6 Å². The Hall–Kier alpha value is -1.27. The van der Waals surface area contributed by atoms with Crippen molar-refractivity contribution in [3.05, 3.63) is 28.8 Å². The largest absolute Gasteiger partial charge is 0.401 e. The number of halogens is 4. The zero-order valence-corrected chi connectivity index (χ0v) is 10.3. The van der Waals surface area contributed by atoms with Crippen molar-refractivity contribution < 1.29 is 18.0 Å². The molecule has 1 aromatic rings.